The standard InChI is InChI=1S/C12H12N4S2/c1-8(11-14-4-5-18-11)7-16-10-2-3-13-6-9(10)15-12(16)17/h2-6,8H,7H2,1H3,(H,15,17). The van der Waals surface area contributed by atoms with Crippen LogP contribution in [-0.4, -0.2) is 19.5 Å². The minimum absolute atomic E-state index is 0.351. The number of rotatable bonds is 3. The molecular formula is C12H12N4S2. The lowest BCUT2D eigenvalue weighted by atomic mass is 10.2. The molecule has 0 saturated carbocycles. The quantitative estimate of drug-likeness (QED) is 0.746. The predicted molar refractivity (Wildman–Crippen MR) is 75.4 cm³/mol. The molecule has 3 heterocycles. The highest BCUT2D eigenvalue weighted by atomic mass is 32.1. The first-order valence-corrected chi connectivity index (χ1v) is 6.96. The number of aromatic nitrogens is 4. The van der Waals surface area contributed by atoms with Crippen LogP contribution in [-0.2, 0) is 6.54 Å². The zero-order valence-electron chi connectivity index (χ0n) is 9.83. The number of fused-ring (bicyclic) bond motifs is 1. The molecule has 1 atom stereocenters. The number of thiazole rings is 1. The first-order valence-electron chi connectivity index (χ1n) is 5.67. The van der Waals surface area contributed by atoms with Crippen molar-refractivity contribution in [1.82, 2.24) is 19.5 Å². The second-order valence-electron chi connectivity index (χ2n) is 4.20. The Balaban J connectivity index is 2.00. The summed E-state index contributed by atoms with van der Waals surface area (Å²) in [4.78, 5) is 11.6. The molecule has 1 N–H and O–H groups in total. The van der Waals surface area contributed by atoms with Gasteiger partial charge >= 0.3 is 0 Å². The van der Waals surface area contributed by atoms with Gasteiger partial charge in [0.05, 0.1) is 22.2 Å². The number of imidazole rings is 1. The Bertz CT molecular complexity index is 711. The van der Waals surface area contributed by atoms with Crippen molar-refractivity contribution < 1.29 is 0 Å². The van der Waals surface area contributed by atoms with E-state index in [0.29, 0.717) is 5.92 Å². The summed E-state index contributed by atoms with van der Waals surface area (Å²) in [6.45, 7) is 3.00. The van der Waals surface area contributed by atoms with Gasteiger partial charge in [0.1, 0.15) is 0 Å². The summed E-state index contributed by atoms with van der Waals surface area (Å²) < 4.78 is 2.85. The van der Waals surface area contributed by atoms with Crippen molar-refractivity contribution in [3.05, 3.63) is 39.8 Å². The van der Waals surface area contributed by atoms with Gasteiger partial charge in [0.25, 0.3) is 0 Å². The third-order valence-corrected chi connectivity index (χ3v) is 4.23. The minimum atomic E-state index is 0.351. The molecule has 0 fully saturated rings. The molecule has 0 aliphatic rings. The van der Waals surface area contributed by atoms with Gasteiger partial charge in [-0.15, -0.1) is 11.3 Å². The molecule has 0 saturated heterocycles. The van der Waals surface area contributed by atoms with Crippen LogP contribution in [0.5, 0.6) is 0 Å². The average molecular weight is 276 g/mol. The zero-order chi connectivity index (χ0) is 12.5. The summed E-state index contributed by atoms with van der Waals surface area (Å²) in [6, 6.07) is 1.98. The third-order valence-electron chi connectivity index (χ3n) is 2.91. The smallest absolute Gasteiger partial charge is 0.178 e. The molecule has 3 aromatic rings. The van der Waals surface area contributed by atoms with Crippen LogP contribution in [0.3, 0.4) is 0 Å². The Kier molecular flexibility index (Phi) is 2.97. The second-order valence-corrected chi connectivity index (χ2v) is 5.52. The van der Waals surface area contributed by atoms with Crippen LogP contribution >= 0.6 is 23.6 Å². The third kappa shape index (κ3) is 1.97. The van der Waals surface area contributed by atoms with Crippen LogP contribution in [0.2, 0.25) is 0 Å². The van der Waals surface area contributed by atoms with Crippen molar-refractivity contribution in [3.8, 4) is 0 Å². The van der Waals surface area contributed by atoms with Crippen molar-refractivity contribution in [2.45, 2.75) is 19.4 Å². The van der Waals surface area contributed by atoms with E-state index in [1.165, 1.54) is 0 Å². The number of nitrogens with zero attached hydrogens (tertiary/aromatic N) is 3. The monoisotopic (exact) mass is 276 g/mol. The molecule has 0 amide bonds. The van der Waals surface area contributed by atoms with Gasteiger partial charge < -0.3 is 9.55 Å². The van der Waals surface area contributed by atoms with E-state index in [-0.39, 0.29) is 0 Å². The molecule has 4 nitrogen and oxygen atoms in total. The Labute approximate surface area is 113 Å². The fourth-order valence-electron chi connectivity index (χ4n) is 2.02. The minimum Gasteiger partial charge on any atom is -0.329 e. The van der Waals surface area contributed by atoms with E-state index in [4.69, 9.17) is 12.2 Å². The maximum Gasteiger partial charge on any atom is 0.178 e. The van der Waals surface area contributed by atoms with Gasteiger partial charge in [-0.05, 0) is 18.3 Å². The van der Waals surface area contributed by atoms with Crippen molar-refractivity contribution in [2.24, 2.45) is 0 Å². The van der Waals surface area contributed by atoms with Gasteiger partial charge in [0, 0.05) is 30.2 Å². The molecule has 3 rings (SSSR count). The number of nitrogens with one attached hydrogen (secondary N) is 1. The molecule has 1 unspecified atom stereocenters. The van der Waals surface area contributed by atoms with Gasteiger partial charge in [-0.25, -0.2) is 4.98 Å². The van der Waals surface area contributed by atoms with Crippen LogP contribution in [0.25, 0.3) is 11.0 Å². The molecule has 0 aliphatic carbocycles. The van der Waals surface area contributed by atoms with E-state index >= 15 is 0 Å². The summed E-state index contributed by atoms with van der Waals surface area (Å²) in [5.74, 6) is 0.351. The molecule has 18 heavy (non-hydrogen) atoms. The van der Waals surface area contributed by atoms with E-state index < -0.39 is 0 Å². The molecular weight excluding hydrogens is 264 g/mol. The normalized spacial score (nSPS) is 12.9. The first-order chi connectivity index (χ1) is 8.75. The van der Waals surface area contributed by atoms with E-state index in [2.05, 4.69) is 26.4 Å². The molecule has 0 spiro atoms. The van der Waals surface area contributed by atoms with Gasteiger partial charge in [-0.3, -0.25) is 4.98 Å². The number of hydrogen-bond donors (Lipinski definition) is 1. The molecule has 0 aliphatic heterocycles. The van der Waals surface area contributed by atoms with Gasteiger partial charge in [0.2, 0.25) is 0 Å². The zero-order valence-corrected chi connectivity index (χ0v) is 11.5. The number of H-pyrrole nitrogens is 1. The van der Waals surface area contributed by atoms with Crippen molar-refractivity contribution >= 4 is 34.6 Å². The van der Waals surface area contributed by atoms with Crippen LogP contribution in [0, 0.1) is 4.77 Å². The molecule has 0 radical (unpaired) electrons. The van der Waals surface area contributed by atoms with Gasteiger partial charge in [-0.2, -0.15) is 0 Å². The molecule has 92 valence electrons. The van der Waals surface area contributed by atoms with Crippen molar-refractivity contribution in [2.75, 3.05) is 0 Å². The van der Waals surface area contributed by atoms with Crippen molar-refractivity contribution in [3.63, 3.8) is 0 Å². The lowest BCUT2D eigenvalue weighted by Gasteiger charge is -2.10. The summed E-state index contributed by atoms with van der Waals surface area (Å²) in [5, 5.41) is 3.14. The highest BCUT2D eigenvalue weighted by Crippen LogP contribution is 2.22. The first kappa shape index (κ1) is 11.6. The van der Waals surface area contributed by atoms with Crippen LogP contribution in [0.15, 0.2) is 30.0 Å². The van der Waals surface area contributed by atoms with Crippen LogP contribution in [0.1, 0.15) is 17.8 Å². The SMILES string of the molecule is CC(Cn1c(=S)[nH]c2cnccc21)c1nccs1. The summed E-state index contributed by atoms with van der Waals surface area (Å²) in [7, 11) is 0. The topological polar surface area (TPSA) is 46.5 Å². The summed E-state index contributed by atoms with van der Waals surface area (Å²) in [5.41, 5.74) is 2.08. The van der Waals surface area contributed by atoms with E-state index in [9.17, 15) is 0 Å². The predicted octanol–water partition coefficient (Wildman–Crippen LogP) is 3.35. The van der Waals surface area contributed by atoms with E-state index in [0.717, 1.165) is 27.4 Å². The average Bonchev–Trinajstić information content (AvgIpc) is 2.98. The number of pyridine rings is 1. The highest BCUT2D eigenvalue weighted by molar-refractivity contribution is 7.71. The van der Waals surface area contributed by atoms with Gasteiger partial charge in [-0.1, -0.05) is 6.92 Å². The van der Waals surface area contributed by atoms with Crippen LogP contribution < -0.4 is 0 Å². The lowest BCUT2D eigenvalue weighted by Crippen LogP contribution is -2.06. The summed E-state index contributed by atoms with van der Waals surface area (Å²) in [6.07, 6.45) is 5.43. The largest absolute Gasteiger partial charge is 0.329 e. The number of hydrogen-bond acceptors (Lipinski definition) is 4. The Hall–Kier alpha value is -1.53. The van der Waals surface area contributed by atoms with Gasteiger partial charge in [0.15, 0.2) is 4.77 Å². The van der Waals surface area contributed by atoms with Crippen molar-refractivity contribution in [1.29, 1.82) is 0 Å². The maximum absolute atomic E-state index is 5.36. The maximum atomic E-state index is 5.36. The van der Waals surface area contributed by atoms with E-state index in [1.54, 1.807) is 23.7 Å². The Morgan fingerprint density at radius 1 is 1.50 bits per heavy atom. The second kappa shape index (κ2) is 4.62. The fourth-order valence-corrected chi connectivity index (χ4v) is 2.99. The molecule has 6 heteroatoms. The van der Waals surface area contributed by atoms with E-state index in [1.807, 2.05) is 17.6 Å². The lowest BCUT2D eigenvalue weighted by molar-refractivity contribution is 0.602. The number of aromatic amines is 1. The summed E-state index contributed by atoms with van der Waals surface area (Å²) >= 11 is 7.05. The Morgan fingerprint density at radius 3 is 3.17 bits per heavy atom. The molecule has 3 aromatic heterocycles. The Morgan fingerprint density at radius 2 is 2.39 bits per heavy atom. The molecule has 0 aromatic carbocycles. The molecule has 0 bridgehead atoms. The highest BCUT2D eigenvalue weighted by Gasteiger charge is 2.12. The van der Waals surface area contributed by atoms with Crippen LogP contribution in [0.4, 0.5) is 0 Å². The fraction of sp³-hybridized carbons (Fsp3) is 0.250.